The Morgan fingerprint density at radius 2 is 1.79 bits per heavy atom. The van der Waals surface area contributed by atoms with Crippen molar-refractivity contribution in [3.63, 3.8) is 0 Å². The van der Waals surface area contributed by atoms with Crippen molar-refractivity contribution in [3.8, 4) is 11.5 Å². The zero-order chi connectivity index (χ0) is 16.9. The van der Waals surface area contributed by atoms with Crippen molar-refractivity contribution in [3.05, 3.63) is 82.6 Å². The summed E-state index contributed by atoms with van der Waals surface area (Å²) in [6.07, 6.45) is 1.52. The number of hydrogen-bond donors (Lipinski definition) is 1. The van der Waals surface area contributed by atoms with Crippen LogP contribution in [-0.4, -0.2) is 10.9 Å². The molecular formula is C18H12Cl2N2O2. The van der Waals surface area contributed by atoms with Gasteiger partial charge in [-0.25, -0.2) is 4.98 Å². The minimum atomic E-state index is -0.395. The fourth-order valence-electron chi connectivity index (χ4n) is 2.05. The van der Waals surface area contributed by atoms with Crippen molar-refractivity contribution < 1.29 is 9.53 Å². The van der Waals surface area contributed by atoms with E-state index >= 15 is 0 Å². The fourth-order valence-corrected chi connectivity index (χ4v) is 2.43. The summed E-state index contributed by atoms with van der Waals surface area (Å²) < 4.78 is 5.81. The molecule has 0 atom stereocenters. The van der Waals surface area contributed by atoms with Crippen LogP contribution < -0.4 is 10.1 Å². The van der Waals surface area contributed by atoms with Crippen LogP contribution in [0.4, 0.5) is 5.69 Å². The summed E-state index contributed by atoms with van der Waals surface area (Å²) in [6, 6.07) is 17.5. The van der Waals surface area contributed by atoms with Gasteiger partial charge in [-0.2, -0.15) is 0 Å². The molecule has 6 heteroatoms. The van der Waals surface area contributed by atoms with E-state index in [0.717, 1.165) is 0 Å². The zero-order valence-electron chi connectivity index (χ0n) is 12.4. The van der Waals surface area contributed by atoms with Crippen molar-refractivity contribution in [1.82, 2.24) is 4.98 Å². The predicted octanol–water partition coefficient (Wildman–Crippen LogP) is 5.43. The van der Waals surface area contributed by atoms with Crippen LogP contribution in [-0.2, 0) is 0 Å². The van der Waals surface area contributed by atoms with Gasteiger partial charge in [0.05, 0.1) is 11.3 Å². The second-order valence-corrected chi connectivity index (χ2v) is 5.65. The third-order valence-corrected chi connectivity index (χ3v) is 3.70. The normalized spacial score (nSPS) is 10.2. The van der Waals surface area contributed by atoms with Gasteiger partial charge in [-0.15, -0.1) is 0 Å². The number of amides is 1. The molecule has 0 spiro atoms. The second kappa shape index (κ2) is 7.34. The number of hydrogen-bond acceptors (Lipinski definition) is 3. The van der Waals surface area contributed by atoms with Crippen molar-refractivity contribution in [1.29, 1.82) is 0 Å². The Balaban J connectivity index is 1.88. The molecule has 0 aliphatic heterocycles. The number of pyridine rings is 1. The summed E-state index contributed by atoms with van der Waals surface area (Å²) in [4.78, 5) is 16.3. The van der Waals surface area contributed by atoms with E-state index in [1.54, 1.807) is 30.3 Å². The monoisotopic (exact) mass is 358 g/mol. The molecule has 4 nitrogen and oxygen atoms in total. The van der Waals surface area contributed by atoms with E-state index in [2.05, 4.69) is 10.3 Å². The molecular weight excluding hydrogens is 347 g/mol. The third-order valence-electron chi connectivity index (χ3n) is 3.16. The molecule has 1 heterocycles. The molecule has 24 heavy (non-hydrogen) atoms. The van der Waals surface area contributed by atoms with Gasteiger partial charge in [0, 0.05) is 11.2 Å². The minimum absolute atomic E-state index is 0.127. The van der Waals surface area contributed by atoms with Crippen LogP contribution in [0.1, 0.15) is 10.4 Å². The maximum atomic E-state index is 12.4. The average Bonchev–Trinajstić information content (AvgIpc) is 2.58. The molecule has 3 rings (SSSR count). The molecule has 0 fully saturated rings. The SMILES string of the molecule is O=C(Nc1cc(Cl)ccc1Oc1ccccc1)c1cccnc1Cl. The average molecular weight is 359 g/mol. The van der Waals surface area contributed by atoms with E-state index in [-0.39, 0.29) is 10.7 Å². The standard InChI is InChI=1S/C18H12Cl2N2O2/c19-12-8-9-16(24-13-5-2-1-3-6-13)15(11-12)22-18(23)14-7-4-10-21-17(14)20/h1-11H,(H,22,23). The first-order valence-corrected chi connectivity index (χ1v) is 7.83. The number of nitrogens with one attached hydrogen (secondary N) is 1. The zero-order valence-corrected chi connectivity index (χ0v) is 13.9. The van der Waals surface area contributed by atoms with E-state index in [1.165, 1.54) is 6.20 Å². The number of carbonyl (C=O) groups is 1. The summed E-state index contributed by atoms with van der Waals surface area (Å²) in [6.45, 7) is 0. The van der Waals surface area contributed by atoms with Crippen LogP contribution in [0.2, 0.25) is 10.2 Å². The number of rotatable bonds is 4. The number of para-hydroxylation sites is 1. The van der Waals surface area contributed by atoms with Gasteiger partial charge < -0.3 is 10.1 Å². The van der Waals surface area contributed by atoms with E-state index in [4.69, 9.17) is 27.9 Å². The summed E-state index contributed by atoms with van der Waals surface area (Å²) in [5.41, 5.74) is 0.709. The number of anilines is 1. The highest BCUT2D eigenvalue weighted by Gasteiger charge is 2.14. The molecule has 1 N–H and O–H groups in total. The topological polar surface area (TPSA) is 51.2 Å². The number of ether oxygens (including phenoxy) is 1. The Bertz CT molecular complexity index is 870. The lowest BCUT2D eigenvalue weighted by molar-refractivity contribution is 0.102. The molecule has 0 aliphatic rings. The fraction of sp³-hybridized carbons (Fsp3) is 0. The van der Waals surface area contributed by atoms with Crippen molar-refractivity contribution in [2.45, 2.75) is 0 Å². The molecule has 3 aromatic rings. The maximum absolute atomic E-state index is 12.4. The van der Waals surface area contributed by atoms with Gasteiger partial charge in [-0.05, 0) is 42.5 Å². The Morgan fingerprint density at radius 1 is 1.00 bits per heavy atom. The molecule has 1 aromatic heterocycles. The third kappa shape index (κ3) is 3.85. The number of aromatic nitrogens is 1. The molecule has 120 valence electrons. The van der Waals surface area contributed by atoms with Crippen LogP contribution in [0, 0.1) is 0 Å². The molecule has 1 amide bonds. The van der Waals surface area contributed by atoms with E-state index in [0.29, 0.717) is 22.2 Å². The van der Waals surface area contributed by atoms with Crippen LogP contribution in [0.25, 0.3) is 0 Å². The quantitative estimate of drug-likeness (QED) is 0.632. The molecule has 0 unspecified atom stereocenters. The van der Waals surface area contributed by atoms with E-state index in [1.807, 2.05) is 30.3 Å². The van der Waals surface area contributed by atoms with Crippen LogP contribution in [0.5, 0.6) is 11.5 Å². The predicted molar refractivity (Wildman–Crippen MR) is 95.2 cm³/mol. The minimum Gasteiger partial charge on any atom is -0.455 e. The van der Waals surface area contributed by atoms with Crippen LogP contribution >= 0.6 is 23.2 Å². The lowest BCUT2D eigenvalue weighted by Gasteiger charge is -2.13. The Labute approximate surface area is 149 Å². The van der Waals surface area contributed by atoms with Crippen molar-refractivity contribution in [2.75, 3.05) is 5.32 Å². The first-order chi connectivity index (χ1) is 11.6. The molecule has 0 radical (unpaired) electrons. The van der Waals surface area contributed by atoms with E-state index < -0.39 is 5.91 Å². The van der Waals surface area contributed by atoms with Gasteiger partial charge in [0.1, 0.15) is 10.9 Å². The second-order valence-electron chi connectivity index (χ2n) is 4.85. The number of carbonyl (C=O) groups excluding carboxylic acids is 1. The number of nitrogens with zero attached hydrogens (tertiary/aromatic N) is 1. The Kier molecular flexibility index (Phi) is 4.99. The lowest BCUT2D eigenvalue weighted by atomic mass is 10.2. The Morgan fingerprint density at radius 3 is 2.54 bits per heavy atom. The Hall–Kier alpha value is -2.56. The first kappa shape index (κ1) is 16.3. The van der Waals surface area contributed by atoms with Crippen molar-refractivity contribution in [2.24, 2.45) is 0 Å². The van der Waals surface area contributed by atoms with Gasteiger partial charge in [-0.3, -0.25) is 4.79 Å². The maximum Gasteiger partial charge on any atom is 0.258 e. The smallest absolute Gasteiger partial charge is 0.258 e. The summed E-state index contributed by atoms with van der Waals surface area (Å²) in [5.74, 6) is 0.724. The van der Waals surface area contributed by atoms with Crippen molar-refractivity contribution >= 4 is 34.8 Å². The van der Waals surface area contributed by atoms with Gasteiger partial charge in [0.2, 0.25) is 0 Å². The summed E-state index contributed by atoms with van der Waals surface area (Å²) in [7, 11) is 0. The molecule has 0 saturated heterocycles. The highest BCUT2D eigenvalue weighted by Crippen LogP contribution is 2.32. The van der Waals surface area contributed by atoms with Crippen LogP contribution in [0.15, 0.2) is 66.9 Å². The van der Waals surface area contributed by atoms with Crippen LogP contribution in [0.3, 0.4) is 0 Å². The van der Waals surface area contributed by atoms with E-state index in [9.17, 15) is 4.79 Å². The molecule has 0 aliphatic carbocycles. The largest absolute Gasteiger partial charge is 0.455 e. The lowest BCUT2D eigenvalue weighted by Crippen LogP contribution is -2.13. The summed E-state index contributed by atoms with van der Waals surface area (Å²) in [5, 5.41) is 3.36. The number of halogens is 2. The van der Waals surface area contributed by atoms with Gasteiger partial charge in [0.15, 0.2) is 5.75 Å². The highest BCUT2D eigenvalue weighted by molar-refractivity contribution is 6.33. The van der Waals surface area contributed by atoms with Gasteiger partial charge in [0.25, 0.3) is 5.91 Å². The highest BCUT2D eigenvalue weighted by atomic mass is 35.5. The molecule has 2 aromatic carbocycles. The molecule has 0 bridgehead atoms. The first-order valence-electron chi connectivity index (χ1n) is 7.08. The summed E-state index contributed by atoms with van der Waals surface area (Å²) >= 11 is 12.0. The molecule has 0 saturated carbocycles. The number of benzene rings is 2. The van der Waals surface area contributed by atoms with Gasteiger partial charge >= 0.3 is 0 Å². The van der Waals surface area contributed by atoms with Gasteiger partial charge in [-0.1, -0.05) is 41.4 Å².